The van der Waals surface area contributed by atoms with Crippen LogP contribution in [0.1, 0.15) is 41.5 Å². The fraction of sp³-hybridized carbons (Fsp3) is 0.800. The molecule has 0 saturated heterocycles. The summed E-state index contributed by atoms with van der Waals surface area (Å²) in [6, 6.07) is 0. The molecule has 0 aliphatic carbocycles. The molecular weight excluding hydrogens is 185 g/mol. The van der Waals surface area contributed by atoms with Gasteiger partial charge in [-0.05, 0) is 0 Å². The van der Waals surface area contributed by atoms with Gasteiger partial charge in [0.1, 0.15) is 0 Å². The third-order valence-corrected chi connectivity index (χ3v) is 1.33. The van der Waals surface area contributed by atoms with Crippen LogP contribution in [-0.4, -0.2) is 0 Å². The molecule has 0 unspecified atom stereocenters. The topological polar surface area (TPSA) is 0 Å². The van der Waals surface area contributed by atoms with Gasteiger partial charge in [0.2, 0.25) is 0 Å². The fourth-order valence-electron chi connectivity index (χ4n) is 0. The zero-order valence-corrected chi connectivity index (χ0v) is 12.0. The van der Waals surface area contributed by atoms with Gasteiger partial charge in [-0.3, -0.25) is 0 Å². The number of hydrogen-bond donors (Lipinski definition) is 0. The summed E-state index contributed by atoms with van der Waals surface area (Å²) in [7, 11) is 0. The summed E-state index contributed by atoms with van der Waals surface area (Å²) in [4.78, 5) is 0. The second-order valence-corrected chi connectivity index (χ2v) is 3.15. The molecule has 0 saturated carbocycles. The van der Waals surface area contributed by atoms with Crippen molar-refractivity contribution in [3.05, 3.63) is 12.8 Å². The standard InChI is InChI=1S/2C5H11.Zn/c2*1-4-5(2)3;/h2*4-5H,1-3H3;/q2*-1;+2. The first kappa shape index (κ1) is 17.6. The molecule has 0 atom stereocenters. The van der Waals surface area contributed by atoms with E-state index < -0.39 is 0 Å². The van der Waals surface area contributed by atoms with E-state index in [0.717, 1.165) is 11.8 Å². The second kappa shape index (κ2) is 13.2. The summed E-state index contributed by atoms with van der Waals surface area (Å²) >= 11 is 0. The molecule has 0 aromatic heterocycles. The molecule has 0 fully saturated rings. The van der Waals surface area contributed by atoms with Crippen molar-refractivity contribution in [3.63, 3.8) is 0 Å². The summed E-state index contributed by atoms with van der Waals surface area (Å²) in [5.41, 5.74) is 0. The molecule has 0 aliphatic heterocycles. The molecule has 0 aromatic carbocycles. The van der Waals surface area contributed by atoms with Gasteiger partial charge in [-0.15, -0.1) is 0 Å². The van der Waals surface area contributed by atoms with Crippen LogP contribution in [0.15, 0.2) is 0 Å². The largest absolute Gasteiger partial charge is 2.00 e. The Labute approximate surface area is 85.9 Å². The van der Waals surface area contributed by atoms with E-state index in [4.69, 9.17) is 0 Å². The van der Waals surface area contributed by atoms with Crippen molar-refractivity contribution in [2.45, 2.75) is 41.5 Å². The van der Waals surface area contributed by atoms with Crippen LogP contribution < -0.4 is 0 Å². The SMILES string of the molecule is C[CH-]C(C)C.C[CH-]C(C)C.[Zn+2]. The fourth-order valence-corrected chi connectivity index (χ4v) is 0. The van der Waals surface area contributed by atoms with Gasteiger partial charge in [-0.1, -0.05) is 27.7 Å². The summed E-state index contributed by atoms with van der Waals surface area (Å²) < 4.78 is 0. The number of hydrogen-bond acceptors (Lipinski definition) is 0. The van der Waals surface area contributed by atoms with Gasteiger partial charge in [-0.2, -0.15) is 25.7 Å². The van der Waals surface area contributed by atoms with Gasteiger partial charge in [0.25, 0.3) is 0 Å². The molecule has 0 nitrogen and oxygen atoms in total. The molecule has 0 rings (SSSR count). The van der Waals surface area contributed by atoms with E-state index in [-0.39, 0.29) is 19.5 Å². The van der Waals surface area contributed by atoms with Crippen LogP contribution in [0.3, 0.4) is 0 Å². The maximum atomic E-state index is 2.17. The Balaban J connectivity index is -0.000000107. The first-order valence-electron chi connectivity index (χ1n) is 4.13. The van der Waals surface area contributed by atoms with Gasteiger partial charge < -0.3 is 12.8 Å². The monoisotopic (exact) mass is 206 g/mol. The molecule has 11 heavy (non-hydrogen) atoms. The van der Waals surface area contributed by atoms with Crippen molar-refractivity contribution in [1.82, 2.24) is 0 Å². The van der Waals surface area contributed by atoms with E-state index in [2.05, 4.69) is 54.4 Å². The minimum absolute atomic E-state index is 0. The van der Waals surface area contributed by atoms with Crippen LogP contribution >= 0.6 is 0 Å². The maximum Gasteiger partial charge on any atom is 2.00 e. The minimum Gasteiger partial charge on any atom is -0.329 e. The molecule has 0 N–H and O–H groups in total. The van der Waals surface area contributed by atoms with Gasteiger partial charge in [0, 0.05) is 0 Å². The Morgan fingerprint density at radius 2 is 0.818 bits per heavy atom. The zero-order chi connectivity index (χ0) is 8.57. The average Bonchev–Trinajstić information content (AvgIpc) is 1.89. The Morgan fingerprint density at radius 3 is 0.818 bits per heavy atom. The van der Waals surface area contributed by atoms with Crippen molar-refractivity contribution in [1.29, 1.82) is 0 Å². The molecule has 64 valence electrons. The Kier molecular flexibility index (Phi) is 21.2. The third-order valence-electron chi connectivity index (χ3n) is 1.33. The Hall–Kier alpha value is 0.623. The molecular formula is C10H22Zn. The first-order chi connectivity index (χ1) is 4.54. The van der Waals surface area contributed by atoms with E-state index in [9.17, 15) is 0 Å². The van der Waals surface area contributed by atoms with Crippen molar-refractivity contribution >= 4 is 0 Å². The van der Waals surface area contributed by atoms with Crippen LogP contribution in [0.5, 0.6) is 0 Å². The molecule has 0 aliphatic rings. The number of rotatable bonds is 2. The van der Waals surface area contributed by atoms with Crippen molar-refractivity contribution in [3.8, 4) is 0 Å². The summed E-state index contributed by atoms with van der Waals surface area (Å²) in [6.07, 6.45) is 4.33. The van der Waals surface area contributed by atoms with Crippen molar-refractivity contribution in [2.75, 3.05) is 0 Å². The summed E-state index contributed by atoms with van der Waals surface area (Å²) in [6.45, 7) is 12.8. The predicted molar refractivity (Wildman–Crippen MR) is 49.6 cm³/mol. The van der Waals surface area contributed by atoms with E-state index in [1.807, 2.05) is 0 Å². The van der Waals surface area contributed by atoms with Gasteiger partial charge >= 0.3 is 19.5 Å². The van der Waals surface area contributed by atoms with Crippen LogP contribution in [0.2, 0.25) is 0 Å². The van der Waals surface area contributed by atoms with Gasteiger partial charge in [-0.25, -0.2) is 0 Å². The van der Waals surface area contributed by atoms with Crippen molar-refractivity contribution in [2.24, 2.45) is 11.8 Å². The smallest absolute Gasteiger partial charge is 0.329 e. The van der Waals surface area contributed by atoms with E-state index in [1.54, 1.807) is 0 Å². The van der Waals surface area contributed by atoms with Crippen molar-refractivity contribution < 1.29 is 19.5 Å². The second-order valence-electron chi connectivity index (χ2n) is 3.15. The predicted octanol–water partition coefficient (Wildman–Crippen LogP) is 3.73. The van der Waals surface area contributed by atoms with Crippen LogP contribution in [0, 0.1) is 24.7 Å². The molecule has 0 heterocycles. The van der Waals surface area contributed by atoms with Gasteiger partial charge in [0.05, 0.1) is 0 Å². The molecule has 0 bridgehead atoms. The van der Waals surface area contributed by atoms with Crippen LogP contribution in [0.25, 0.3) is 0 Å². The average molecular weight is 208 g/mol. The van der Waals surface area contributed by atoms with Crippen LogP contribution in [-0.2, 0) is 19.5 Å². The molecule has 0 spiro atoms. The summed E-state index contributed by atoms with van der Waals surface area (Å²) in [5, 5.41) is 0. The molecule has 0 amide bonds. The van der Waals surface area contributed by atoms with E-state index in [0.29, 0.717) is 0 Å². The normalized spacial score (nSPS) is 8.73. The quantitative estimate of drug-likeness (QED) is 0.478. The zero-order valence-electron chi connectivity index (χ0n) is 9.02. The summed E-state index contributed by atoms with van der Waals surface area (Å²) in [5.74, 6) is 1.52. The molecule has 1 heteroatoms. The maximum absolute atomic E-state index is 2.17. The Bertz CT molecular complexity index is 40.8. The minimum atomic E-state index is 0. The van der Waals surface area contributed by atoms with E-state index >= 15 is 0 Å². The van der Waals surface area contributed by atoms with E-state index in [1.165, 1.54) is 0 Å². The van der Waals surface area contributed by atoms with Gasteiger partial charge in [0.15, 0.2) is 0 Å². The van der Waals surface area contributed by atoms with Crippen LogP contribution in [0.4, 0.5) is 0 Å². The third kappa shape index (κ3) is 37.0. The Morgan fingerprint density at radius 1 is 0.727 bits per heavy atom. The first-order valence-corrected chi connectivity index (χ1v) is 4.13. The molecule has 0 radical (unpaired) electrons. The molecule has 0 aromatic rings.